The van der Waals surface area contributed by atoms with Crippen LogP contribution in [0.5, 0.6) is 0 Å². The molecular weight excluding hydrogens is 378 g/mol. The number of amides is 1. The van der Waals surface area contributed by atoms with E-state index in [-0.39, 0.29) is 18.4 Å². The molecule has 0 saturated carbocycles. The highest BCUT2D eigenvalue weighted by Gasteiger charge is 2.27. The van der Waals surface area contributed by atoms with Crippen LogP contribution in [-0.4, -0.2) is 48.0 Å². The fourth-order valence-corrected chi connectivity index (χ4v) is 4.38. The van der Waals surface area contributed by atoms with Crippen molar-refractivity contribution in [2.75, 3.05) is 13.1 Å². The van der Waals surface area contributed by atoms with Gasteiger partial charge < -0.3 is 9.47 Å². The van der Waals surface area contributed by atoms with Crippen LogP contribution in [0.15, 0.2) is 42.7 Å². The topological polar surface area (TPSA) is 92.1 Å². The van der Waals surface area contributed by atoms with Gasteiger partial charge in [0.15, 0.2) is 5.65 Å². The first-order valence-corrected chi connectivity index (χ1v) is 10.1. The first-order chi connectivity index (χ1) is 14.7. The number of likely N-dealkylation sites (tertiary alicyclic amines) is 1. The average Bonchev–Trinajstić information content (AvgIpc) is 3.33. The summed E-state index contributed by atoms with van der Waals surface area (Å²) in [5.41, 5.74) is 4.47. The van der Waals surface area contributed by atoms with Crippen molar-refractivity contribution in [1.29, 1.82) is 5.26 Å². The Morgan fingerprint density at radius 3 is 3.03 bits per heavy atom. The van der Waals surface area contributed by atoms with Gasteiger partial charge in [-0.15, -0.1) is 0 Å². The molecule has 1 saturated heterocycles. The lowest BCUT2D eigenvalue weighted by atomic mass is 10.0. The number of nitriles is 1. The highest BCUT2D eigenvalue weighted by atomic mass is 16.2. The maximum absolute atomic E-state index is 12.2. The van der Waals surface area contributed by atoms with Gasteiger partial charge in [-0.1, -0.05) is 6.07 Å². The molecule has 4 aromatic heterocycles. The summed E-state index contributed by atoms with van der Waals surface area (Å²) < 4.78 is 3.99. The third-order valence-corrected chi connectivity index (χ3v) is 5.76. The molecule has 0 aromatic carbocycles. The Kier molecular flexibility index (Phi) is 4.43. The van der Waals surface area contributed by atoms with Gasteiger partial charge in [-0.05, 0) is 44.0 Å². The Labute approximate surface area is 173 Å². The lowest BCUT2D eigenvalue weighted by molar-refractivity contribution is -0.131. The Bertz CT molecular complexity index is 1300. The molecule has 0 unspecified atom stereocenters. The molecular formula is C22H21N7O. The highest BCUT2D eigenvalue weighted by molar-refractivity contribution is 5.82. The molecule has 1 atom stereocenters. The van der Waals surface area contributed by atoms with E-state index in [4.69, 9.17) is 15.2 Å². The molecule has 1 amide bonds. The Morgan fingerprint density at radius 2 is 2.17 bits per heavy atom. The number of piperidine rings is 1. The van der Waals surface area contributed by atoms with Crippen molar-refractivity contribution < 1.29 is 4.79 Å². The number of rotatable bonds is 3. The van der Waals surface area contributed by atoms with Crippen LogP contribution >= 0.6 is 0 Å². The zero-order valence-electron chi connectivity index (χ0n) is 16.7. The molecule has 1 aliphatic rings. The average molecular weight is 399 g/mol. The van der Waals surface area contributed by atoms with Gasteiger partial charge in [0.05, 0.1) is 29.5 Å². The largest absolute Gasteiger partial charge is 0.340 e. The van der Waals surface area contributed by atoms with Crippen LogP contribution in [0, 0.1) is 18.3 Å². The lowest BCUT2D eigenvalue weighted by Gasteiger charge is -2.33. The summed E-state index contributed by atoms with van der Waals surface area (Å²) in [6.45, 7) is 3.26. The number of aromatic nitrogens is 5. The van der Waals surface area contributed by atoms with Crippen molar-refractivity contribution >= 4 is 22.6 Å². The molecule has 4 aromatic rings. The third-order valence-electron chi connectivity index (χ3n) is 5.76. The summed E-state index contributed by atoms with van der Waals surface area (Å²) in [5.74, 6) is 0.776. The maximum atomic E-state index is 12.2. The maximum Gasteiger partial charge on any atom is 0.236 e. The van der Waals surface area contributed by atoms with E-state index >= 15 is 0 Å². The van der Waals surface area contributed by atoms with E-state index in [2.05, 4.69) is 9.67 Å². The molecule has 5 rings (SSSR count). The quantitative estimate of drug-likeness (QED) is 0.528. The molecule has 5 heterocycles. The van der Waals surface area contributed by atoms with Crippen molar-refractivity contribution in [3.05, 3.63) is 48.5 Å². The smallest absolute Gasteiger partial charge is 0.236 e. The van der Waals surface area contributed by atoms with Crippen LogP contribution in [-0.2, 0) is 4.79 Å². The standard InChI is InChI=1S/C22H21N7O/c1-15-25-19-8-7-18(17-13-24-28-12-3-2-6-20(17)28)26-22(19)29(15)16-5-4-11-27(14-16)21(30)9-10-23/h2-3,6-8,12-13,16H,4-5,9,11,14H2,1H3/t16-/m0/s1. The zero-order chi connectivity index (χ0) is 20.7. The molecule has 1 fully saturated rings. The molecule has 8 nitrogen and oxygen atoms in total. The second kappa shape index (κ2) is 7.26. The van der Waals surface area contributed by atoms with Crippen molar-refractivity contribution in [3.63, 3.8) is 0 Å². The Morgan fingerprint density at radius 1 is 1.27 bits per heavy atom. The van der Waals surface area contributed by atoms with Crippen molar-refractivity contribution in [2.45, 2.75) is 32.2 Å². The number of imidazole rings is 1. The summed E-state index contributed by atoms with van der Waals surface area (Å²) in [6, 6.07) is 12.0. The first-order valence-electron chi connectivity index (χ1n) is 10.1. The zero-order valence-corrected chi connectivity index (χ0v) is 16.7. The lowest BCUT2D eigenvalue weighted by Crippen LogP contribution is -2.40. The molecule has 30 heavy (non-hydrogen) atoms. The predicted molar refractivity (Wildman–Crippen MR) is 112 cm³/mol. The van der Waals surface area contributed by atoms with Gasteiger partial charge in [0.25, 0.3) is 0 Å². The van der Waals surface area contributed by atoms with Crippen molar-refractivity contribution in [3.8, 4) is 17.3 Å². The molecule has 0 spiro atoms. The van der Waals surface area contributed by atoms with E-state index in [9.17, 15) is 4.79 Å². The van der Waals surface area contributed by atoms with Crippen LogP contribution < -0.4 is 0 Å². The van der Waals surface area contributed by atoms with Gasteiger partial charge in [0.1, 0.15) is 17.8 Å². The molecule has 1 aliphatic heterocycles. The van der Waals surface area contributed by atoms with Gasteiger partial charge in [-0.25, -0.2) is 14.5 Å². The Balaban J connectivity index is 1.56. The van der Waals surface area contributed by atoms with Gasteiger partial charge in [0, 0.05) is 24.8 Å². The van der Waals surface area contributed by atoms with Crippen molar-refractivity contribution in [1.82, 2.24) is 29.0 Å². The van der Waals surface area contributed by atoms with Crippen LogP contribution in [0.2, 0.25) is 0 Å². The minimum Gasteiger partial charge on any atom is -0.340 e. The summed E-state index contributed by atoms with van der Waals surface area (Å²) in [5, 5.41) is 13.3. The Hall–Kier alpha value is -3.73. The van der Waals surface area contributed by atoms with E-state index in [1.807, 2.05) is 60.2 Å². The number of aryl methyl sites for hydroxylation is 1. The number of pyridine rings is 2. The van der Waals surface area contributed by atoms with Crippen molar-refractivity contribution in [2.24, 2.45) is 0 Å². The number of hydrogen-bond acceptors (Lipinski definition) is 5. The number of carbonyl (C=O) groups excluding carboxylic acids is 1. The van der Waals surface area contributed by atoms with Crippen LogP contribution in [0.4, 0.5) is 0 Å². The molecule has 0 N–H and O–H groups in total. The van der Waals surface area contributed by atoms with E-state index in [1.165, 1.54) is 0 Å². The van der Waals surface area contributed by atoms with Gasteiger partial charge in [-0.3, -0.25) is 4.79 Å². The number of hydrogen-bond donors (Lipinski definition) is 0. The van der Waals surface area contributed by atoms with Crippen LogP contribution in [0.1, 0.15) is 31.1 Å². The number of nitrogens with zero attached hydrogens (tertiary/aromatic N) is 7. The number of carbonyl (C=O) groups is 1. The number of fused-ring (bicyclic) bond motifs is 2. The summed E-state index contributed by atoms with van der Waals surface area (Å²) >= 11 is 0. The SMILES string of the molecule is Cc1nc2ccc(-c3cnn4ccccc34)nc2n1[C@H]1CCCN(C(=O)CC#N)C1. The second-order valence-electron chi connectivity index (χ2n) is 7.63. The van der Waals surface area contributed by atoms with Crippen LogP contribution in [0.25, 0.3) is 27.9 Å². The van der Waals surface area contributed by atoms with E-state index in [0.29, 0.717) is 13.1 Å². The minimum atomic E-state index is -0.107. The fourth-order valence-electron chi connectivity index (χ4n) is 4.38. The van der Waals surface area contributed by atoms with E-state index in [1.54, 1.807) is 4.90 Å². The minimum absolute atomic E-state index is 0.0759. The van der Waals surface area contributed by atoms with E-state index in [0.717, 1.165) is 46.6 Å². The first kappa shape index (κ1) is 18.3. The fraction of sp³-hybridized carbons (Fsp3) is 0.318. The van der Waals surface area contributed by atoms with Gasteiger partial charge >= 0.3 is 0 Å². The normalized spacial score (nSPS) is 16.8. The molecule has 150 valence electrons. The summed E-state index contributed by atoms with van der Waals surface area (Å²) in [4.78, 5) is 23.7. The highest BCUT2D eigenvalue weighted by Crippen LogP contribution is 2.30. The third kappa shape index (κ3) is 2.99. The summed E-state index contributed by atoms with van der Waals surface area (Å²) in [6.07, 6.45) is 5.52. The predicted octanol–water partition coefficient (Wildman–Crippen LogP) is 3.13. The molecule has 0 aliphatic carbocycles. The molecule has 0 bridgehead atoms. The van der Waals surface area contributed by atoms with E-state index < -0.39 is 0 Å². The monoisotopic (exact) mass is 399 g/mol. The second-order valence-corrected chi connectivity index (χ2v) is 7.63. The van der Waals surface area contributed by atoms with Gasteiger partial charge in [-0.2, -0.15) is 10.4 Å². The molecule has 0 radical (unpaired) electrons. The van der Waals surface area contributed by atoms with Gasteiger partial charge in [0.2, 0.25) is 5.91 Å². The van der Waals surface area contributed by atoms with Crippen LogP contribution in [0.3, 0.4) is 0 Å². The summed E-state index contributed by atoms with van der Waals surface area (Å²) in [7, 11) is 0. The molecule has 8 heteroatoms.